The second-order valence-corrected chi connectivity index (χ2v) is 4.36. The number of rotatable bonds is 4. The highest BCUT2D eigenvalue weighted by Crippen LogP contribution is 2.07. The predicted octanol–water partition coefficient (Wildman–Crippen LogP) is 2.19. The monoisotopic (exact) mass is 233 g/mol. The summed E-state index contributed by atoms with van der Waals surface area (Å²) in [5, 5.41) is 0. The second kappa shape index (κ2) is 5.36. The van der Waals surface area contributed by atoms with Gasteiger partial charge in [-0.25, -0.2) is 0 Å². The maximum Gasteiger partial charge on any atom is 0.236 e. The molecule has 12 heavy (non-hydrogen) atoms. The maximum atomic E-state index is 11.5. The average Bonchev–Trinajstić information content (AvgIpc) is 1.98. The molecule has 0 aliphatic carbocycles. The summed E-state index contributed by atoms with van der Waals surface area (Å²) < 4.78 is 0. The van der Waals surface area contributed by atoms with Crippen LogP contribution in [0.1, 0.15) is 20.8 Å². The highest BCUT2D eigenvalue weighted by molar-refractivity contribution is 9.10. The Hall–Kier alpha value is -0.310. The molecular weight excluding hydrogens is 218 g/mol. The quantitative estimate of drug-likeness (QED) is 0.539. The van der Waals surface area contributed by atoms with E-state index in [1.165, 1.54) is 0 Å². The molecule has 0 aromatic rings. The van der Waals surface area contributed by atoms with E-state index in [0.29, 0.717) is 6.54 Å². The first-order chi connectivity index (χ1) is 5.50. The molecule has 1 atom stereocenters. The number of hydrogen-bond acceptors (Lipinski definition) is 1. The Morgan fingerprint density at radius 1 is 1.58 bits per heavy atom. The summed E-state index contributed by atoms with van der Waals surface area (Å²) in [7, 11) is 0. The molecule has 70 valence electrons. The van der Waals surface area contributed by atoms with Crippen molar-refractivity contribution in [1.29, 1.82) is 0 Å². The Morgan fingerprint density at radius 2 is 2.08 bits per heavy atom. The molecule has 0 radical (unpaired) electrons. The third kappa shape index (κ3) is 3.39. The summed E-state index contributed by atoms with van der Waals surface area (Å²) in [5.74, 6) is 0.116. The Morgan fingerprint density at radius 3 is 2.33 bits per heavy atom. The molecule has 0 N–H and O–H groups in total. The first-order valence-electron chi connectivity index (χ1n) is 4.06. The molecule has 0 aromatic heterocycles. The van der Waals surface area contributed by atoms with Gasteiger partial charge in [-0.1, -0.05) is 22.0 Å². The summed E-state index contributed by atoms with van der Waals surface area (Å²) in [4.78, 5) is 13.2. The van der Waals surface area contributed by atoms with E-state index in [0.717, 1.165) is 0 Å². The fourth-order valence-electron chi connectivity index (χ4n) is 0.923. The molecule has 0 spiro atoms. The minimum Gasteiger partial charge on any atom is -0.336 e. The summed E-state index contributed by atoms with van der Waals surface area (Å²) >= 11 is 3.25. The lowest BCUT2D eigenvalue weighted by Gasteiger charge is -2.26. The molecule has 0 aliphatic heterocycles. The molecule has 0 bridgehead atoms. The van der Waals surface area contributed by atoms with Gasteiger partial charge in [-0.15, -0.1) is 6.58 Å². The molecule has 0 saturated heterocycles. The van der Waals surface area contributed by atoms with Crippen LogP contribution in [0.25, 0.3) is 0 Å². The standard InChI is InChI=1S/C9H16BrNO/c1-5-6-11(7(2)3)9(12)8(4)10/h5,7-8H,1,6H2,2-4H3. The van der Waals surface area contributed by atoms with E-state index in [4.69, 9.17) is 0 Å². The Bertz CT molecular complexity index is 166. The highest BCUT2D eigenvalue weighted by atomic mass is 79.9. The topological polar surface area (TPSA) is 20.3 Å². The van der Waals surface area contributed by atoms with Crippen molar-refractivity contribution in [2.75, 3.05) is 6.54 Å². The van der Waals surface area contributed by atoms with Gasteiger partial charge in [0.15, 0.2) is 0 Å². The van der Waals surface area contributed by atoms with Crippen molar-refractivity contribution >= 4 is 21.8 Å². The lowest BCUT2D eigenvalue weighted by molar-refractivity contribution is -0.131. The molecule has 0 fully saturated rings. The van der Waals surface area contributed by atoms with Crippen LogP contribution in [-0.2, 0) is 4.79 Å². The second-order valence-electron chi connectivity index (χ2n) is 2.99. The van der Waals surface area contributed by atoms with Crippen molar-refractivity contribution in [2.24, 2.45) is 0 Å². The van der Waals surface area contributed by atoms with Gasteiger partial charge in [-0.3, -0.25) is 4.79 Å². The summed E-state index contributed by atoms with van der Waals surface area (Å²) in [6.07, 6.45) is 1.74. The van der Waals surface area contributed by atoms with Crippen LogP contribution in [0.4, 0.5) is 0 Å². The van der Waals surface area contributed by atoms with E-state index in [2.05, 4.69) is 22.5 Å². The van der Waals surface area contributed by atoms with Gasteiger partial charge in [0, 0.05) is 12.6 Å². The molecule has 2 nitrogen and oxygen atoms in total. The Kier molecular flexibility index (Phi) is 5.22. The fraction of sp³-hybridized carbons (Fsp3) is 0.667. The molecule has 0 rings (SSSR count). The van der Waals surface area contributed by atoms with Gasteiger partial charge in [-0.05, 0) is 20.8 Å². The molecule has 0 saturated carbocycles. The first kappa shape index (κ1) is 11.7. The van der Waals surface area contributed by atoms with Gasteiger partial charge in [0.05, 0.1) is 4.83 Å². The number of amides is 1. The van der Waals surface area contributed by atoms with E-state index in [-0.39, 0.29) is 16.8 Å². The zero-order valence-electron chi connectivity index (χ0n) is 7.88. The zero-order chi connectivity index (χ0) is 9.72. The largest absolute Gasteiger partial charge is 0.336 e. The number of hydrogen-bond donors (Lipinski definition) is 0. The average molecular weight is 234 g/mol. The Labute approximate surface area is 82.8 Å². The Balaban J connectivity index is 4.29. The molecular formula is C9H16BrNO. The third-order valence-electron chi connectivity index (χ3n) is 1.57. The minimum absolute atomic E-state index is 0.111. The SMILES string of the molecule is C=CCN(C(=O)C(C)Br)C(C)C. The van der Waals surface area contributed by atoms with Crippen molar-refractivity contribution in [3.8, 4) is 0 Å². The van der Waals surface area contributed by atoms with Crippen LogP contribution >= 0.6 is 15.9 Å². The number of nitrogens with zero attached hydrogens (tertiary/aromatic N) is 1. The molecule has 0 aliphatic rings. The van der Waals surface area contributed by atoms with Crippen molar-refractivity contribution < 1.29 is 4.79 Å². The molecule has 1 amide bonds. The van der Waals surface area contributed by atoms with E-state index >= 15 is 0 Å². The highest BCUT2D eigenvalue weighted by Gasteiger charge is 2.18. The van der Waals surface area contributed by atoms with Gasteiger partial charge >= 0.3 is 0 Å². The predicted molar refractivity (Wildman–Crippen MR) is 55.4 cm³/mol. The van der Waals surface area contributed by atoms with Gasteiger partial charge in [0.25, 0.3) is 0 Å². The van der Waals surface area contributed by atoms with E-state index in [1.54, 1.807) is 11.0 Å². The third-order valence-corrected chi connectivity index (χ3v) is 1.96. The van der Waals surface area contributed by atoms with Crippen molar-refractivity contribution in [3.63, 3.8) is 0 Å². The van der Waals surface area contributed by atoms with Crippen molar-refractivity contribution in [2.45, 2.75) is 31.6 Å². The first-order valence-corrected chi connectivity index (χ1v) is 4.97. The van der Waals surface area contributed by atoms with Crippen LogP contribution in [0.3, 0.4) is 0 Å². The van der Waals surface area contributed by atoms with Crippen molar-refractivity contribution in [1.82, 2.24) is 4.90 Å². The zero-order valence-corrected chi connectivity index (χ0v) is 9.47. The fourth-order valence-corrected chi connectivity index (χ4v) is 1.19. The number of carbonyl (C=O) groups excluding carboxylic acids is 1. The number of halogens is 1. The molecule has 1 unspecified atom stereocenters. The van der Waals surface area contributed by atoms with Gasteiger partial charge in [0.2, 0.25) is 5.91 Å². The summed E-state index contributed by atoms with van der Waals surface area (Å²) in [6, 6.07) is 0.232. The summed E-state index contributed by atoms with van der Waals surface area (Å²) in [5.41, 5.74) is 0. The summed E-state index contributed by atoms with van der Waals surface area (Å²) in [6.45, 7) is 10.1. The lowest BCUT2D eigenvalue weighted by atomic mass is 10.3. The van der Waals surface area contributed by atoms with Crippen LogP contribution in [0, 0.1) is 0 Å². The lowest BCUT2D eigenvalue weighted by Crippen LogP contribution is -2.40. The smallest absolute Gasteiger partial charge is 0.236 e. The van der Waals surface area contributed by atoms with Crippen molar-refractivity contribution in [3.05, 3.63) is 12.7 Å². The van der Waals surface area contributed by atoms with E-state index in [1.807, 2.05) is 20.8 Å². The van der Waals surface area contributed by atoms with E-state index < -0.39 is 0 Å². The van der Waals surface area contributed by atoms with Gasteiger partial charge in [-0.2, -0.15) is 0 Å². The number of carbonyl (C=O) groups is 1. The van der Waals surface area contributed by atoms with Crippen LogP contribution < -0.4 is 0 Å². The van der Waals surface area contributed by atoms with Crippen LogP contribution in [0.2, 0.25) is 0 Å². The van der Waals surface area contributed by atoms with E-state index in [9.17, 15) is 4.79 Å². The van der Waals surface area contributed by atoms with Crippen LogP contribution in [0.5, 0.6) is 0 Å². The van der Waals surface area contributed by atoms with Gasteiger partial charge < -0.3 is 4.90 Å². The van der Waals surface area contributed by atoms with Crippen LogP contribution in [0.15, 0.2) is 12.7 Å². The number of alkyl halides is 1. The normalized spacial score (nSPS) is 12.8. The maximum absolute atomic E-state index is 11.5. The molecule has 0 heterocycles. The van der Waals surface area contributed by atoms with Gasteiger partial charge in [0.1, 0.15) is 0 Å². The van der Waals surface area contributed by atoms with Crippen LogP contribution in [-0.4, -0.2) is 28.2 Å². The minimum atomic E-state index is -0.111. The molecule has 0 aromatic carbocycles. The molecule has 3 heteroatoms.